The van der Waals surface area contributed by atoms with E-state index in [1.165, 1.54) is 4.90 Å². The zero-order chi connectivity index (χ0) is 14.2. The van der Waals surface area contributed by atoms with Crippen molar-refractivity contribution in [3.63, 3.8) is 0 Å². The Morgan fingerprint density at radius 1 is 1.32 bits per heavy atom. The topological polar surface area (TPSA) is 92.5 Å². The van der Waals surface area contributed by atoms with Gasteiger partial charge in [-0.2, -0.15) is 0 Å². The molecule has 0 aromatic carbocycles. The van der Waals surface area contributed by atoms with Gasteiger partial charge >= 0.3 is 0 Å². The maximum atomic E-state index is 12.5. The lowest BCUT2D eigenvalue weighted by atomic mass is 9.78. The van der Waals surface area contributed by atoms with Crippen LogP contribution < -0.4 is 11.1 Å². The number of carbonyl (C=O) groups excluding carboxylic acids is 3. The molecular formula is C13H21N3O3. The highest BCUT2D eigenvalue weighted by Gasteiger charge is 2.38. The molecular weight excluding hydrogens is 246 g/mol. The van der Waals surface area contributed by atoms with E-state index in [-0.39, 0.29) is 24.4 Å². The van der Waals surface area contributed by atoms with Crippen molar-refractivity contribution in [2.24, 2.45) is 17.6 Å². The molecule has 0 radical (unpaired) electrons. The number of hydrogen-bond donors (Lipinski definition) is 2. The fraction of sp³-hybridized carbons (Fsp3) is 0.769. The third kappa shape index (κ3) is 2.78. The Morgan fingerprint density at radius 2 is 2.00 bits per heavy atom. The number of carbonyl (C=O) groups is 3. The Balaban J connectivity index is 2.06. The number of nitrogens with two attached hydrogens (primary N) is 1. The number of nitrogens with zero attached hydrogens (tertiary/aromatic N) is 1. The Bertz CT molecular complexity index is 410. The molecule has 2 fully saturated rings. The molecule has 4 atom stereocenters. The number of amides is 3. The number of piperazine rings is 1. The number of nitrogens with one attached hydrogen (secondary N) is 1. The summed E-state index contributed by atoms with van der Waals surface area (Å²) in [5, 5.41) is 2.24. The van der Waals surface area contributed by atoms with E-state index in [1.54, 1.807) is 6.92 Å². The maximum Gasteiger partial charge on any atom is 0.249 e. The highest BCUT2D eigenvalue weighted by Crippen LogP contribution is 2.30. The zero-order valence-corrected chi connectivity index (χ0v) is 11.4. The molecule has 1 saturated carbocycles. The van der Waals surface area contributed by atoms with Crippen molar-refractivity contribution in [3.8, 4) is 0 Å². The van der Waals surface area contributed by atoms with Gasteiger partial charge in [-0.3, -0.25) is 19.7 Å². The second-order valence-electron chi connectivity index (χ2n) is 5.71. The van der Waals surface area contributed by atoms with Crippen LogP contribution in [0.5, 0.6) is 0 Å². The first-order valence-electron chi connectivity index (χ1n) is 6.80. The minimum absolute atomic E-state index is 0.0251. The molecule has 6 heteroatoms. The Labute approximate surface area is 112 Å². The standard InChI is InChI=1S/C13H21N3O3/c1-7-5-9(3-4-10(7)14)13(19)16-6-11(17)15-12(18)8(16)2/h7-10H,3-6,14H2,1-2H3,(H,15,17,18). The summed E-state index contributed by atoms with van der Waals surface area (Å²) < 4.78 is 0. The van der Waals surface area contributed by atoms with Gasteiger partial charge in [-0.15, -0.1) is 0 Å². The first kappa shape index (κ1) is 14.0. The van der Waals surface area contributed by atoms with Crippen molar-refractivity contribution >= 4 is 17.7 Å². The van der Waals surface area contributed by atoms with Crippen molar-refractivity contribution in [1.82, 2.24) is 10.2 Å². The van der Waals surface area contributed by atoms with Crippen LogP contribution in [0.15, 0.2) is 0 Å². The van der Waals surface area contributed by atoms with Crippen LogP contribution in [0.3, 0.4) is 0 Å². The smallest absolute Gasteiger partial charge is 0.249 e. The lowest BCUT2D eigenvalue weighted by Crippen LogP contribution is -2.60. The summed E-state index contributed by atoms with van der Waals surface area (Å²) in [5.41, 5.74) is 5.95. The fourth-order valence-electron chi connectivity index (χ4n) is 2.86. The maximum absolute atomic E-state index is 12.5. The molecule has 1 heterocycles. The second kappa shape index (κ2) is 5.28. The van der Waals surface area contributed by atoms with Crippen molar-refractivity contribution in [1.29, 1.82) is 0 Å². The van der Waals surface area contributed by atoms with Crippen LogP contribution in [0, 0.1) is 11.8 Å². The van der Waals surface area contributed by atoms with Crippen LogP contribution in [0.25, 0.3) is 0 Å². The van der Waals surface area contributed by atoms with Gasteiger partial charge < -0.3 is 10.6 Å². The van der Waals surface area contributed by atoms with E-state index in [9.17, 15) is 14.4 Å². The van der Waals surface area contributed by atoms with Crippen molar-refractivity contribution in [2.45, 2.75) is 45.2 Å². The highest BCUT2D eigenvalue weighted by molar-refractivity contribution is 6.04. The van der Waals surface area contributed by atoms with Crippen LogP contribution in [-0.2, 0) is 14.4 Å². The second-order valence-corrected chi connectivity index (χ2v) is 5.71. The third-order valence-electron chi connectivity index (χ3n) is 4.29. The van der Waals surface area contributed by atoms with Gasteiger partial charge in [0.1, 0.15) is 12.6 Å². The van der Waals surface area contributed by atoms with Gasteiger partial charge in [0.25, 0.3) is 0 Å². The largest absolute Gasteiger partial charge is 0.327 e. The molecule has 19 heavy (non-hydrogen) atoms. The fourth-order valence-corrected chi connectivity index (χ4v) is 2.86. The lowest BCUT2D eigenvalue weighted by molar-refractivity contribution is -0.152. The van der Waals surface area contributed by atoms with Gasteiger partial charge in [0.05, 0.1) is 0 Å². The predicted octanol–water partition coefficient (Wildman–Crippen LogP) is -0.377. The van der Waals surface area contributed by atoms with E-state index in [4.69, 9.17) is 5.73 Å². The third-order valence-corrected chi connectivity index (χ3v) is 4.29. The van der Waals surface area contributed by atoms with E-state index >= 15 is 0 Å². The lowest BCUT2D eigenvalue weighted by Gasteiger charge is -2.37. The molecule has 2 rings (SSSR count). The molecule has 3 amide bonds. The molecule has 3 N–H and O–H groups in total. The zero-order valence-electron chi connectivity index (χ0n) is 11.4. The number of rotatable bonds is 1. The van der Waals surface area contributed by atoms with E-state index in [0.717, 1.165) is 19.3 Å². The highest BCUT2D eigenvalue weighted by atomic mass is 16.2. The van der Waals surface area contributed by atoms with E-state index in [0.29, 0.717) is 5.92 Å². The number of imide groups is 1. The molecule has 1 aliphatic heterocycles. The molecule has 2 aliphatic rings. The Kier molecular flexibility index (Phi) is 3.89. The molecule has 0 bridgehead atoms. The van der Waals surface area contributed by atoms with Crippen molar-refractivity contribution in [2.75, 3.05) is 6.54 Å². The van der Waals surface area contributed by atoms with Crippen LogP contribution in [-0.4, -0.2) is 41.2 Å². The molecule has 4 unspecified atom stereocenters. The van der Waals surface area contributed by atoms with Gasteiger partial charge in [0.15, 0.2) is 0 Å². The first-order chi connectivity index (χ1) is 8.90. The van der Waals surface area contributed by atoms with E-state index < -0.39 is 17.9 Å². The molecule has 106 valence electrons. The minimum Gasteiger partial charge on any atom is -0.327 e. The first-order valence-corrected chi connectivity index (χ1v) is 6.80. The molecule has 0 aromatic heterocycles. The van der Waals surface area contributed by atoms with Gasteiger partial charge in [0, 0.05) is 12.0 Å². The average molecular weight is 267 g/mol. The quantitative estimate of drug-likeness (QED) is 0.634. The Hall–Kier alpha value is -1.43. The van der Waals surface area contributed by atoms with Gasteiger partial charge in [-0.05, 0) is 32.1 Å². The Morgan fingerprint density at radius 3 is 2.63 bits per heavy atom. The monoisotopic (exact) mass is 267 g/mol. The summed E-state index contributed by atoms with van der Waals surface area (Å²) in [6.07, 6.45) is 2.29. The summed E-state index contributed by atoms with van der Waals surface area (Å²) in [4.78, 5) is 36.8. The normalized spacial score (nSPS) is 36.1. The average Bonchev–Trinajstić information content (AvgIpc) is 2.36. The van der Waals surface area contributed by atoms with E-state index in [2.05, 4.69) is 5.32 Å². The van der Waals surface area contributed by atoms with Gasteiger partial charge in [-0.25, -0.2) is 0 Å². The SMILES string of the molecule is CC1CC(C(=O)N2CC(=O)NC(=O)C2C)CCC1N. The van der Waals surface area contributed by atoms with Crippen molar-refractivity contribution < 1.29 is 14.4 Å². The summed E-state index contributed by atoms with van der Waals surface area (Å²) in [5.74, 6) is -0.708. The molecule has 6 nitrogen and oxygen atoms in total. The van der Waals surface area contributed by atoms with Crippen LogP contribution >= 0.6 is 0 Å². The van der Waals surface area contributed by atoms with Gasteiger partial charge in [-0.1, -0.05) is 6.92 Å². The molecule has 0 aromatic rings. The number of hydrogen-bond acceptors (Lipinski definition) is 4. The molecule has 1 aliphatic carbocycles. The summed E-state index contributed by atoms with van der Waals surface area (Å²) in [6.45, 7) is 3.67. The summed E-state index contributed by atoms with van der Waals surface area (Å²) in [6, 6.07) is -0.427. The molecule has 1 saturated heterocycles. The van der Waals surface area contributed by atoms with Gasteiger partial charge in [0.2, 0.25) is 17.7 Å². The summed E-state index contributed by atoms with van der Waals surface area (Å²) in [7, 11) is 0. The van der Waals surface area contributed by atoms with Crippen LogP contribution in [0.2, 0.25) is 0 Å². The molecule has 0 spiro atoms. The minimum atomic E-state index is -0.573. The van der Waals surface area contributed by atoms with E-state index in [1.807, 2.05) is 6.92 Å². The van der Waals surface area contributed by atoms with Crippen LogP contribution in [0.4, 0.5) is 0 Å². The predicted molar refractivity (Wildman–Crippen MR) is 68.8 cm³/mol. The van der Waals surface area contributed by atoms with Crippen LogP contribution in [0.1, 0.15) is 33.1 Å². The van der Waals surface area contributed by atoms with Crippen molar-refractivity contribution in [3.05, 3.63) is 0 Å². The summed E-state index contributed by atoms with van der Waals surface area (Å²) >= 11 is 0.